The number of carbonyl (C=O) groups excluding carboxylic acids is 1. The lowest BCUT2D eigenvalue weighted by Crippen LogP contribution is -2.34. The number of H-pyrrole nitrogens is 1. The number of carbonyl (C=O) groups is 1. The maximum atomic E-state index is 13.0. The number of aromatic amines is 1. The number of pyridine rings is 1. The quantitative estimate of drug-likeness (QED) is 0.887. The standard InChI is InChI=1S/C18H20N2O3/c21-11-18-7-3-4-12(18)9-20(10-18)17(23)14-8-16(22)19-15-6-2-1-5-13(14)15/h1-2,5-6,8,12,21H,3-4,7,9-11H2,(H,19,22)/t12-,18+/m0/s1. The van der Waals surface area contributed by atoms with Gasteiger partial charge >= 0.3 is 0 Å². The number of hydrogen-bond donors (Lipinski definition) is 2. The molecule has 1 saturated carbocycles. The van der Waals surface area contributed by atoms with Gasteiger partial charge in [-0.2, -0.15) is 0 Å². The van der Waals surface area contributed by atoms with Crippen LogP contribution >= 0.6 is 0 Å². The Bertz CT molecular complexity index is 828. The van der Waals surface area contributed by atoms with Gasteiger partial charge in [0.05, 0.1) is 12.2 Å². The van der Waals surface area contributed by atoms with E-state index in [2.05, 4.69) is 4.98 Å². The van der Waals surface area contributed by atoms with Crippen LogP contribution in [0.2, 0.25) is 0 Å². The van der Waals surface area contributed by atoms with Crippen molar-refractivity contribution in [1.29, 1.82) is 0 Å². The number of aromatic nitrogens is 1. The molecule has 0 spiro atoms. The summed E-state index contributed by atoms with van der Waals surface area (Å²) in [5.74, 6) is 0.277. The minimum Gasteiger partial charge on any atom is -0.396 e. The molecule has 2 fully saturated rings. The second kappa shape index (κ2) is 5.20. The molecule has 0 radical (unpaired) electrons. The Balaban J connectivity index is 1.72. The highest BCUT2D eigenvalue weighted by atomic mass is 16.3. The molecule has 1 amide bonds. The molecule has 1 aromatic heterocycles. The van der Waals surface area contributed by atoms with E-state index in [9.17, 15) is 14.7 Å². The van der Waals surface area contributed by atoms with Crippen molar-refractivity contribution in [3.8, 4) is 0 Å². The van der Waals surface area contributed by atoms with Crippen molar-refractivity contribution in [2.24, 2.45) is 11.3 Å². The van der Waals surface area contributed by atoms with E-state index in [4.69, 9.17) is 0 Å². The van der Waals surface area contributed by atoms with E-state index in [0.717, 1.165) is 24.6 Å². The summed E-state index contributed by atoms with van der Waals surface area (Å²) in [4.78, 5) is 29.5. The predicted molar refractivity (Wildman–Crippen MR) is 87.3 cm³/mol. The van der Waals surface area contributed by atoms with Crippen LogP contribution in [0, 0.1) is 11.3 Å². The van der Waals surface area contributed by atoms with E-state index in [1.165, 1.54) is 6.07 Å². The molecular weight excluding hydrogens is 292 g/mol. The largest absolute Gasteiger partial charge is 0.396 e. The molecule has 4 rings (SSSR count). The van der Waals surface area contributed by atoms with Gasteiger partial charge in [0, 0.05) is 35.5 Å². The van der Waals surface area contributed by atoms with Gasteiger partial charge in [0.2, 0.25) is 5.56 Å². The molecule has 1 aliphatic heterocycles. The maximum Gasteiger partial charge on any atom is 0.254 e. The number of nitrogens with one attached hydrogen (secondary N) is 1. The molecule has 1 aromatic carbocycles. The number of aliphatic hydroxyl groups excluding tert-OH is 1. The number of rotatable bonds is 2. The monoisotopic (exact) mass is 312 g/mol. The van der Waals surface area contributed by atoms with Crippen LogP contribution in [0.4, 0.5) is 0 Å². The smallest absolute Gasteiger partial charge is 0.254 e. The first kappa shape index (κ1) is 14.5. The predicted octanol–water partition coefficient (Wildman–Crippen LogP) is 1.76. The zero-order valence-electron chi connectivity index (χ0n) is 12.9. The van der Waals surface area contributed by atoms with E-state index >= 15 is 0 Å². The third kappa shape index (κ3) is 2.18. The van der Waals surface area contributed by atoms with Gasteiger partial charge in [-0.1, -0.05) is 24.6 Å². The number of aliphatic hydroxyl groups is 1. The number of amides is 1. The van der Waals surface area contributed by atoms with Gasteiger partial charge in [-0.05, 0) is 24.8 Å². The fourth-order valence-corrected chi connectivity index (χ4v) is 4.38. The van der Waals surface area contributed by atoms with Crippen LogP contribution in [-0.2, 0) is 0 Å². The highest BCUT2D eigenvalue weighted by Gasteiger charge is 2.50. The van der Waals surface area contributed by atoms with Crippen molar-refractivity contribution in [2.75, 3.05) is 19.7 Å². The summed E-state index contributed by atoms with van der Waals surface area (Å²) in [5.41, 5.74) is 0.743. The van der Waals surface area contributed by atoms with E-state index in [0.29, 0.717) is 30.1 Å². The minimum atomic E-state index is -0.261. The molecule has 5 nitrogen and oxygen atoms in total. The molecule has 0 bridgehead atoms. The van der Waals surface area contributed by atoms with Crippen LogP contribution in [-0.4, -0.2) is 40.6 Å². The Hall–Kier alpha value is -2.14. The maximum absolute atomic E-state index is 13.0. The van der Waals surface area contributed by atoms with Crippen LogP contribution in [0.1, 0.15) is 29.6 Å². The number of para-hydroxylation sites is 1. The Morgan fingerprint density at radius 3 is 3.00 bits per heavy atom. The minimum absolute atomic E-state index is 0.102. The molecule has 2 atom stereocenters. The van der Waals surface area contributed by atoms with Crippen molar-refractivity contribution >= 4 is 16.8 Å². The van der Waals surface area contributed by atoms with E-state index < -0.39 is 0 Å². The summed E-state index contributed by atoms with van der Waals surface area (Å²) in [6.45, 7) is 1.41. The molecule has 2 N–H and O–H groups in total. The van der Waals surface area contributed by atoms with Crippen molar-refractivity contribution in [2.45, 2.75) is 19.3 Å². The number of likely N-dealkylation sites (tertiary alicyclic amines) is 1. The molecular formula is C18H20N2O3. The Morgan fingerprint density at radius 1 is 1.39 bits per heavy atom. The number of nitrogens with zero attached hydrogens (tertiary/aromatic N) is 1. The molecule has 0 unspecified atom stereocenters. The topological polar surface area (TPSA) is 73.4 Å². The van der Waals surface area contributed by atoms with Gasteiger partial charge in [0.1, 0.15) is 0 Å². The molecule has 23 heavy (non-hydrogen) atoms. The lowest BCUT2D eigenvalue weighted by atomic mass is 9.82. The van der Waals surface area contributed by atoms with E-state index in [1.54, 1.807) is 6.07 Å². The third-order valence-electron chi connectivity index (χ3n) is 5.62. The fraction of sp³-hybridized carbons (Fsp3) is 0.444. The zero-order chi connectivity index (χ0) is 16.0. The number of hydrogen-bond acceptors (Lipinski definition) is 3. The summed E-state index contributed by atoms with van der Waals surface area (Å²) in [5, 5.41) is 10.6. The molecule has 2 aromatic rings. The summed E-state index contributed by atoms with van der Waals surface area (Å²) < 4.78 is 0. The Kier molecular flexibility index (Phi) is 3.27. The first-order chi connectivity index (χ1) is 11.1. The Labute approximate surface area is 133 Å². The van der Waals surface area contributed by atoms with Gasteiger partial charge in [-0.25, -0.2) is 0 Å². The van der Waals surface area contributed by atoms with Gasteiger partial charge < -0.3 is 15.0 Å². The van der Waals surface area contributed by atoms with Crippen LogP contribution in [0.3, 0.4) is 0 Å². The second-order valence-electron chi connectivity index (χ2n) is 6.89. The van der Waals surface area contributed by atoms with Crippen LogP contribution in [0.15, 0.2) is 35.1 Å². The summed E-state index contributed by atoms with van der Waals surface area (Å²) in [6.07, 6.45) is 3.18. The van der Waals surface area contributed by atoms with Crippen LogP contribution in [0.25, 0.3) is 10.9 Å². The molecule has 2 aliphatic rings. The van der Waals surface area contributed by atoms with Gasteiger partial charge in [-0.15, -0.1) is 0 Å². The zero-order valence-corrected chi connectivity index (χ0v) is 12.9. The normalized spacial score (nSPS) is 26.7. The Morgan fingerprint density at radius 2 is 2.22 bits per heavy atom. The molecule has 5 heteroatoms. The SMILES string of the molecule is O=C(c1cc(=O)[nH]c2ccccc12)N1C[C@@H]2CCC[C@]2(CO)C1. The molecule has 1 aliphatic carbocycles. The van der Waals surface area contributed by atoms with Crippen molar-refractivity contribution in [3.63, 3.8) is 0 Å². The van der Waals surface area contributed by atoms with E-state index in [-0.39, 0.29) is 23.5 Å². The highest BCUT2D eigenvalue weighted by Crippen LogP contribution is 2.48. The lowest BCUT2D eigenvalue weighted by molar-refractivity contribution is 0.0736. The highest BCUT2D eigenvalue weighted by molar-refractivity contribution is 6.06. The van der Waals surface area contributed by atoms with E-state index in [1.807, 2.05) is 23.1 Å². The average Bonchev–Trinajstić information content (AvgIpc) is 3.10. The third-order valence-corrected chi connectivity index (χ3v) is 5.62. The van der Waals surface area contributed by atoms with Crippen molar-refractivity contribution in [3.05, 3.63) is 46.2 Å². The summed E-state index contributed by atoms with van der Waals surface area (Å²) >= 11 is 0. The van der Waals surface area contributed by atoms with Crippen LogP contribution < -0.4 is 5.56 Å². The summed E-state index contributed by atoms with van der Waals surface area (Å²) in [7, 11) is 0. The molecule has 2 heterocycles. The van der Waals surface area contributed by atoms with Crippen LogP contribution in [0.5, 0.6) is 0 Å². The molecule has 1 saturated heterocycles. The molecule has 120 valence electrons. The average molecular weight is 312 g/mol. The van der Waals surface area contributed by atoms with Gasteiger partial charge in [0.15, 0.2) is 0 Å². The first-order valence-electron chi connectivity index (χ1n) is 8.15. The summed E-state index contributed by atoms with van der Waals surface area (Å²) in [6, 6.07) is 8.77. The fourth-order valence-electron chi connectivity index (χ4n) is 4.38. The number of benzene rings is 1. The van der Waals surface area contributed by atoms with Gasteiger partial charge in [-0.3, -0.25) is 9.59 Å². The van der Waals surface area contributed by atoms with Crippen molar-refractivity contribution < 1.29 is 9.90 Å². The first-order valence-corrected chi connectivity index (χ1v) is 8.15. The number of fused-ring (bicyclic) bond motifs is 2. The second-order valence-corrected chi connectivity index (χ2v) is 6.89. The van der Waals surface area contributed by atoms with Gasteiger partial charge in [0.25, 0.3) is 5.91 Å². The van der Waals surface area contributed by atoms with Crippen molar-refractivity contribution in [1.82, 2.24) is 9.88 Å². The lowest BCUT2D eigenvalue weighted by Gasteiger charge is -2.26.